The van der Waals surface area contributed by atoms with Crippen LogP contribution in [0, 0.1) is 22.7 Å². The first kappa shape index (κ1) is 83.6. The summed E-state index contributed by atoms with van der Waals surface area (Å²) in [5, 5.41) is 38.3. The number of benzene rings is 18. The smallest absolute Gasteiger partial charge is 0.0993 e. The maximum atomic E-state index is 10.8. The number of aromatic nitrogens is 7. The van der Waals surface area contributed by atoms with Crippen molar-refractivity contribution in [3.63, 3.8) is 0 Å². The van der Waals surface area contributed by atoms with Crippen LogP contribution in [0.4, 0.5) is 0 Å². The quantitative estimate of drug-likeness (QED) is 0.152. The molecule has 137 heavy (non-hydrogen) atoms. The Balaban J connectivity index is 0.000000148. The highest BCUT2D eigenvalue weighted by molar-refractivity contribution is 6.34. The Kier molecular flexibility index (Phi) is 18.8. The fourth-order valence-electron chi connectivity index (χ4n) is 22.8. The summed E-state index contributed by atoms with van der Waals surface area (Å²) in [5.74, 6) is -0.0859. The van der Waals surface area contributed by atoms with E-state index in [-0.39, 0.29) is 35.0 Å². The van der Waals surface area contributed by atoms with Gasteiger partial charge >= 0.3 is 0 Å². The van der Waals surface area contributed by atoms with E-state index < -0.39 is 0 Å². The first-order valence-electron chi connectivity index (χ1n) is 47.5. The molecule has 0 bridgehead atoms. The van der Waals surface area contributed by atoms with Crippen LogP contribution in [0.25, 0.3) is 204 Å². The average Bonchev–Trinajstić information content (AvgIpc) is 1.52. The van der Waals surface area contributed by atoms with Crippen molar-refractivity contribution in [2.24, 2.45) is 0 Å². The summed E-state index contributed by atoms with van der Waals surface area (Å²) in [6.45, 7) is 27.4. The SMILES string of the molecule is C.CC(C)(C)c1ccc2c(c1)-c1cc(C(C)(C)C)ccc1C2c1cc(C#N)ccc1-n1c2ccccc2c2c1ccc1c3ccc4c(c5ccccc5n4-c4ccccc4)c3n(-c3ccccc3)c12.CC(C)(C)c1ccc2c(c1)c1cc(C(C)(C)C)ccc1n2-c1cc(C#N)cc(-n2c3ccccc3c3c2ccc2c4ccc5c(c6ccccc6n5-c5ccccc5)c4n(-c4ccccc4)c23)c1. The molecule has 1 aliphatic carbocycles. The first-order chi connectivity index (χ1) is 66.0. The molecule has 0 radical (unpaired) electrons. The summed E-state index contributed by atoms with van der Waals surface area (Å²) in [6.07, 6.45) is 0. The highest BCUT2D eigenvalue weighted by Crippen LogP contribution is 2.55. The Morgan fingerprint density at radius 3 is 0.825 bits per heavy atom. The third-order valence-electron chi connectivity index (χ3n) is 29.3. The topological polar surface area (TPSA) is 82.1 Å². The summed E-state index contributed by atoms with van der Waals surface area (Å²) in [6, 6.07) is 143. The molecular weight excluding hydrogens is 1660 g/mol. The summed E-state index contributed by atoms with van der Waals surface area (Å²) in [5.41, 5.74) is 36.2. The van der Waals surface area contributed by atoms with Crippen molar-refractivity contribution in [1.82, 2.24) is 32.0 Å². The molecule has 0 spiro atoms. The number of hydrogen-bond donors (Lipinski definition) is 0. The van der Waals surface area contributed by atoms with Gasteiger partial charge in [-0.1, -0.05) is 309 Å². The van der Waals surface area contributed by atoms with Crippen molar-refractivity contribution < 1.29 is 0 Å². The van der Waals surface area contributed by atoms with Crippen molar-refractivity contribution >= 4 is 153 Å². The second-order valence-electron chi connectivity index (χ2n) is 41.4. The Bertz CT molecular complexity index is 9330. The predicted octanol–water partition coefficient (Wildman–Crippen LogP) is 33.8. The number of rotatable bonds is 8. The molecule has 9 nitrogen and oxygen atoms in total. The lowest BCUT2D eigenvalue weighted by molar-refractivity contribution is 0.589. The van der Waals surface area contributed by atoms with Gasteiger partial charge in [-0.2, -0.15) is 10.5 Å². The zero-order chi connectivity index (χ0) is 92.4. The summed E-state index contributed by atoms with van der Waals surface area (Å²) < 4.78 is 17.1. The molecule has 0 fully saturated rings. The lowest BCUT2D eigenvalue weighted by Gasteiger charge is -2.23. The van der Waals surface area contributed by atoms with Crippen molar-refractivity contribution in [2.75, 3.05) is 0 Å². The molecule has 7 heterocycles. The van der Waals surface area contributed by atoms with Crippen LogP contribution >= 0.6 is 0 Å². The molecule has 660 valence electrons. The highest BCUT2D eigenvalue weighted by atomic mass is 15.1. The van der Waals surface area contributed by atoms with Crippen molar-refractivity contribution in [1.29, 1.82) is 10.5 Å². The number of hydrogen-bond acceptors (Lipinski definition) is 2. The molecule has 0 saturated heterocycles. The van der Waals surface area contributed by atoms with Gasteiger partial charge in [0.05, 0.1) is 106 Å². The minimum Gasteiger partial charge on any atom is -0.309 e. The summed E-state index contributed by atoms with van der Waals surface area (Å²) >= 11 is 0. The van der Waals surface area contributed by atoms with E-state index in [0.717, 1.165) is 89.4 Å². The van der Waals surface area contributed by atoms with Gasteiger partial charge in [-0.05, 0) is 229 Å². The monoisotopic (exact) mass is 1770 g/mol. The molecular formula is C128H103N9. The molecule has 0 aliphatic heterocycles. The normalized spacial score (nSPS) is 12.7. The van der Waals surface area contributed by atoms with E-state index in [1.807, 2.05) is 12.1 Å². The Labute approximate surface area is 797 Å². The van der Waals surface area contributed by atoms with E-state index in [0.29, 0.717) is 11.1 Å². The van der Waals surface area contributed by atoms with E-state index in [1.54, 1.807) is 0 Å². The van der Waals surface area contributed by atoms with Crippen molar-refractivity contribution in [3.8, 4) is 63.1 Å². The Morgan fingerprint density at radius 1 is 0.204 bits per heavy atom. The molecule has 0 atom stereocenters. The predicted molar refractivity (Wildman–Crippen MR) is 577 cm³/mol. The maximum absolute atomic E-state index is 10.8. The van der Waals surface area contributed by atoms with Gasteiger partial charge in [0.15, 0.2) is 0 Å². The highest BCUT2D eigenvalue weighted by Gasteiger charge is 2.37. The zero-order valence-corrected chi connectivity index (χ0v) is 78.4. The molecule has 25 aromatic rings. The second-order valence-corrected chi connectivity index (χ2v) is 41.4. The van der Waals surface area contributed by atoms with E-state index in [9.17, 15) is 10.5 Å². The van der Waals surface area contributed by atoms with Gasteiger partial charge in [-0.25, -0.2) is 0 Å². The number of nitriles is 2. The molecule has 26 rings (SSSR count). The van der Waals surface area contributed by atoms with Crippen LogP contribution in [-0.2, 0) is 21.7 Å². The summed E-state index contributed by atoms with van der Waals surface area (Å²) in [4.78, 5) is 0. The lowest BCUT2D eigenvalue weighted by atomic mass is 9.83. The molecule has 7 aromatic heterocycles. The fourth-order valence-corrected chi connectivity index (χ4v) is 22.8. The van der Waals surface area contributed by atoms with Gasteiger partial charge in [0.1, 0.15) is 0 Å². The van der Waals surface area contributed by atoms with Crippen LogP contribution in [0.5, 0.6) is 0 Å². The van der Waals surface area contributed by atoms with Crippen LogP contribution in [0.15, 0.2) is 376 Å². The molecule has 18 aromatic carbocycles. The van der Waals surface area contributed by atoms with E-state index in [2.05, 4.69) is 491 Å². The van der Waals surface area contributed by atoms with Gasteiger partial charge in [0.25, 0.3) is 0 Å². The minimum atomic E-state index is -0.0859. The van der Waals surface area contributed by atoms with E-state index in [1.165, 1.54) is 153 Å². The van der Waals surface area contributed by atoms with Crippen LogP contribution in [0.2, 0.25) is 0 Å². The van der Waals surface area contributed by atoms with Crippen LogP contribution in [-0.4, -0.2) is 32.0 Å². The first-order valence-corrected chi connectivity index (χ1v) is 47.5. The third-order valence-corrected chi connectivity index (χ3v) is 29.3. The van der Waals surface area contributed by atoms with Gasteiger partial charge in [0, 0.05) is 115 Å². The Hall–Kier alpha value is -16.5. The van der Waals surface area contributed by atoms with Gasteiger partial charge < -0.3 is 32.0 Å². The number of nitrogens with zero attached hydrogens (tertiary/aromatic N) is 9. The minimum absolute atomic E-state index is 0. The summed E-state index contributed by atoms with van der Waals surface area (Å²) in [7, 11) is 0. The van der Waals surface area contributed by atoms with E-state index in [4.69, 9.17) is 0 Å². The van der Waals surface area contributed by atoms with E-state index >= 15 is 0 Å². The fraction of sp³-hybridized carbons (Fsp3) is 0.141. The van der Waals surface area contributed by atoms with Gasteiger partial charge in [-0.3, -0.25) is 0 Å². The maximum Gasteiger partial charge on any atom is 0.0993 e. The Morgan fingerprint density at radius 2 is 0.482 bits per heavy atom. The standard InChI is InChI=1S/C64H50N4.C63H49N5.CH4/c1-63(2,3)40-26-28-44-50(36-40)51-37-41(64(4,5)6)27-29-45(51)58(44)52-35-39(38-65)25-32-55(52)68-54-24-16-14-22-49(54)60-57(68)34-31-47-46-30-33-56-59(61(46)67(62(47)60)43-19-11-8-12-20-43)48-21-13-15-23-53(48)66(56)42-17-9-7-10-18-42;1-62(2,3)40-25-29-54-50(35-40)51-36-41(63(4,5)6)26-30-55(51)66(54)44-33-39(38-64)34-45(37-44)67-53-24-16-14-22-49(53)59-57(67)32-28-47-46-27-31-56-58(60(46)68(61(47)59)43-19-11-8-12-20-43)48-21-13-15-23-52(48)65(56)42-17-9-7-10-18-42;/h7-37,58H,1-6H3;7-37H,1-6H3;1H4. The molecule has 9 heteroatoms. The van der Waals surface area contributed by atoms with Crippen molar-refractivity contribution in [3.05, 3.63) is 426 Å². The van der Waals surface area contributed by atoms with Crippen LogP contribution in [0.1, 0.15) is 147 Å². The second kappa shape index (κ2) is 30.8. The van der Waals surface area contributed by atoms with Crippen LogP contribution in [0.3, 0.4) is 0 Å². The average molecular weight is 1770 g/mol. The number of para-hydroxylation sites is 8. The molecule has 0 unspecified atom stereocenters. The molecule has 0 saturated carbocycles. The van der Waals surface area contributed by atoms with Gasteiger partial charge in [-0.15, -0.1) is 0 Å². The third kappa shape index (κ3) is 12.7. The lowest BCUT2D eigenvalue weighted by Crippen LogP contribution is -2.11. The van der Waals surface area contributed by atoms with Crippen molar-refractivity contribution in [2.45, 2.75) is 118 Å². The van der Waals surface area contributed by atoms with Gasteiger partial charge in [0.2, 0.25) is 0 Å². The molecule has 0 amide bonds. The zero-order valence-electron chi connectivity index (χ0n) is 78.4. The largest absolute Gasteiger partial charge is 0.309 e. The molecule has 1 aliphatic rings. The number of fused-ring (bicyclic) bond motifs is 28. The molecule has 0 N–H and O–H groups in total. The van der Waals surface area contributed by atoms with Crippen LogP contribution < -0.4 is 0 Å².